The van der Waals surface area contributed by atoms with Gasteiger partial charge in [-0.05, 0) is 22.0 Å². The van der Waals surface area contributed by atoms with Gasteiger partial charge in [0, 0.05) is 24.8 Å². The van der Waals surface area contributed by atoms with Crippen molar-refractivity contribution in [2.45, 2.75) is 6.04 Å². The molecule has 1 unspecified atom stereocenters. The van der Waals surface area contributed by atoms with Gasteiger partial charge < -0.3 is 19.7 Å². The number of nitrogens with zero attached hydrogens (tertiary/aromatic N) is 1. The summed E-state index contributed by atoms with van der Waals surface area (Å²) in [7, 11) is 3.08. The molecule has 0 saturated heterocycles. The van der Waals surface area contributed by atoms with Crippen molar-refractivity contribution in [2.75, 3.05) is 13.7 Å². The van der Waals surface area contributed by atoms with Crippen LogP contribution < -0.4 is 5.32 Å². The molecule has 0 fully saturated rings. The second-order valence-electron chi connectivity index (χ2n) is 3.47. The summed E-state index contributed by atoms with van der Waals surface area (Å²) in [4.78, 5) is 22.6. The van der Waals surface area contributed by atoms with Gasteiger partial charge in [-0.15, -0.1) is 0 Å². The quantitative estimate of drug-likeness (QED) is 0.835. The lowest BCUT2D eigenvalue weighted by Crippen LogP contribution is -2.44. The number of halogens is 1. The summed E-state index contributed by atoms with van der Waals surface area (Å²) in [5.74, 6) is -1.59. The molecule has 0 aliphatic heterocycles. The Kier molecular flexibility index (Phi) is 4.71. The predicted octanol–water partition coefficient (Wildman–Crippen LogP) is 0.617. The van der Waals surface area contributed by atoms with Crippen molar-refractivity contribution in [1.82, 2.24) is 9.88 Å². The van der Waals surface area contributed by atoms with Crippen molar-refractivity contribution >= 4 is 27.8 Å². The number of amides is 1. The lowest BCUT2D eigenvalue weighted by atomic mass is 10.3. The highest BCUT2D eigenvalue weighted by atomic mass is 79.9. The normalized spacial score (nSPS) is 12.2. The third-order valence-corrected chi connectivity index (χ3v) is 2.57. The first kappa shape index (κ1) is 13.7. The maximum Gasteiger partial charge on any atom is 0.328 e. The molecule has 1 heterocycles. The highest BCUT2D eigenvalue weighted by Crippen LogP contribution is 2.13. The van der Waals surface area contributed by atoms with Crippen LogP contribution in [0.15, 0.2) is 16.7 Å². The molecule has 0 saturated carbocycles. The topological polar surface area (TPSA) is 80.6 Å². The number of rotatable bonds is 5. The second-order valence-corrected chi connectivity index (χ2v) is 4.39. The monoisotopic (exact) mass is 304 g/mol. The molecule has 1 atom stereocenters. The maximum atomic E-state index is 11.8. The molecule has 0 spiro atoms. The first-order valence-electron chi connectivity index (χ1n) is 4.80. The lowest BCUT2D eigenvalue weighted by Gasteiger charge is -2.13. The standard InChI is InChI=1S/C10H13BrN2O4/c1-13-4-6(11)3-8(13)9(14)12-7(5-17-2)10(15)16/h3-4,7H,5H2,1-2H3,(H,12,14)(H,15,16). The zero-order valence-corrected chi connectivity index (χ0v) is 11.0. The van der Waals surface area contributed by atoms with Gasteiger partial charge in [-0.1, -0.05) is 0 Å². The van der Waals surface area contributed by atoms with Crippen molar-refractivity contribution in [2.24, 2.45) is 7.05 Å². The van der Waals surface area contributed by atoms with Crippen LogP contribution in [0.5, 0.6) is 0 Å². The molecule has 0 aromatic carbocycles. The van der Waals surface area contributed by atoms with Crippen LogP contribution in [-0.2, 0) is 16.6 Å². The van der Waals surface area contributed by atoms with Crippen molar-refractivity contribution < 1.29 is 19.4 Å². The Morgan fingerprint density at radius 2 is 2.29 bits per heavy atom. The van der Waals surface area contributed by atoms with Crippen LogP contribution in [-0.4, -0.2) is 41.3 Å². The van der Waals surface area contributed by atoms with Gasteiger partial charge >= 0.3 is 5.97 Å². The van der Waals surface area contributed by atoms with Gasteiger partial charge in [0.05, 0.1) is 6.61 Å². The van der Waals surface area contributed by atoms with Gasteiger partial charge in [-0.3, -0.25) is 4.79 Å². The summed E-state index contributed by atoms with van der Waals surface area (Å²) >= 11 is 3.24. The van der Waals surface area contributed by atoms with E-state index in [0.717, 1.165) is 4.47 Å². The number of aromatic nitrogens is 1. The van der Waals surface area contributed by atoms with Crippen molar-refractivity contribution in [1.29, 1.82) is 0 Å². The highest BCUT2D eigenvalue weighted by molar-refractivity contribution is 9.10. The number of hydrogen-bond donors (Lipinski definition) is 2. The molecule has 0 radical (unpaired) electrons. The molecule has 7 heteroatoms. The number of carbonyl (C=O) groups is 2. The molecule has 1 aromatic heterocycles. The van der Waals surface area contributed by atoms with E-state index in [4.69, 9.17) is 9.84 Å². The minimum absolute atomic E-state index is 0.0767. The Bertz CT molecular complexity index is 430. The number of aryl methyl sites for hydroxylation is 1. The van der Waals surface area contributed by atoms with Crippen LogP contribution in [0.25, 0.3) is 0 Å². The SMILES string of the molecule is COCC(NC(=O)c1cc(Br)cn1C)C(=O)O. The number of carboxylic acid groups (broad SMARTS) is 1. The van der Waals surface area contributed by atoms with Crippen molar-refractivity contribution in [3.05, 3.63) is 22.4 Å². The third-order valence-electron chi connectivity index (χ3n) is 2.14. The average molecular weight is 305 g/mol. The molecule has 0 bridgehead atoms. The zero-order valence-electron chi connectivity index (χ0n) is 9.44. The van der Waals surface area contributed by atoms with Gasteiger partial charge in [0.1, 0.15) is 5.69 Å². The fourth-order valence-corrected chi connectivity index (χ4v) is 1.85. The molecule has 2 N–H and O–H groups in total. The van der Waals surface area contributed by atoms with E-state index in [2.05, 4.69) is 21.2 Å². The fourth-order valence-electron chi connectivity index (χ4n) is 1.32. The zero-order chi connectivity index (χ0) is 13.0. The van der Waals surface area contributed by atoms with Crippen LogP contribution in [0.1, 0.15) is 10.5 Å². The van der Waals surface area contributed by atoms with E-state index < -0.39 is 17.9 Å². The second kappa shape index (κ2) is 5.83. The van der Waals surface area contributed by atoms with Gasteiger partial charge in [-0.2, -0.15) is 0 Å². The molecular formula is C10H13BrN2O4. The Hall–Kier alpha value is -1.34. The number of methoxy groups -OCH3 is 1. The number of hydrogen-bond acceptors (Lipinski definition) is 3. The summed E-state index contributed by atoms with van der Waals surface area (Å²) < 4.78 is 7.08. The Morgan fingerprint density at radius 3 is 2.71 bits per heavy atom. The van der Waals surface area contributed by atoms with Gasteiger partial charge in [-0.25, -0.2) is 4.79 Å². The number of carbonyl (C=O) groups excluding carboxylic acids is 1. The van der Waals surface area contributed by atoms with Crippen LogP contribution in [0.3, 0.4) is 0 Å². The molecule has 6 nitrogen and oxygen atoms in total. The Labute approximate surface area is 107 Å². The minimum atomic E-state index is -1.13. The summed E-state index contributed by atoms with van der Waals surface area (Å²) in [5, 5.41) is 11.2. The minimum Gasteiger partial charge on any atom is -0.480 e. The van der Waals surface area contributed by atoms with Crippen molar-refractivity contribution in [3.8, 4) is 0 Å². The number of aliphatic carboxylic acids is 1. The first-order valence-corrected chi connectivity index (χ1v) is 5.59. The summed E-state index contributed by atoms with van der Waals surface area (Å²) in [6.45, 7) is -0.0767. The highest BCUT2D eigenvalue weighted by Gasteiger charge is 2.21. The van der Waals surface area contributed by atoms with E-state index in [-0.39, 0.29) is 6.61 Å². The summed E-state index contributed by atoms with van der Waals surface area (Å²) in [5.41, 5.74) is 0.374. The molecule has 17 heavy (non-hydrogen) atoms. The Morgan fingerprint density at radius 1 is 1.65 bits per heavy atom. The number of ether oxygens (including phenoxy) is 1. The van der Waals surface area contributed by atoms with E-state index in [1.807, 2.05) is 0 Å². The van der Waals surface area contributed by atoms with Crippen LogP contribution >= 0.6 is 15.9 Å². The maximum absolute atomic E-state index is 11.8. The van der Waals surface area contributed by atoms with Crippen LogP contribution in [0.4, 0.5) is 0 Å². The van der Waals surface area contributed by atoms with E-state index in [0.29, 0.717) is 5.69 Å². The third kappa shape index (κ3) is 3.57. The molecule has 1 rings (SSSR count). The fraction of sp³-hybridized carbons (Fsp3) is 0.400. The summed E-state index contributed by atoms with van der Waals surface area (Å²) in [6.07, 6.45) is 1.71. The van der Waals surface area contributed by atoms with E-state index in [1.54, 1.807) is 23.9 Å². The summed E-state index contributed by atoms with van der Waals surface area (Å²) in [6, 6.07) is 0.558. The number of nitrogens with one attached hydrogen (secondary N) is 1. The molecule has 0 aliphatic carbocycles. The molecule has 1 amide bonds. The molecule has 94 valence electrons. The molecule has 1 aromatic rings. The predicted molar refractivity (Wildman–Crippen MR) is 63.9 cm³/mol. The van der Waals surface area contributed by atoms with E-state index in [9.17, 15) is 9.59 Å². The average Bonchev–Trinajstić information content (AvgIpc) is 2.57. The van der Waals surface area contributed by atoms with E-state index in [1.165, 1.54) is 7.11 Å². The first-order chi connectivity index (χ1) is 7.95. The van der Waals surface area contributed by atoms with E-state index >= 15 is 0 Å². The lowest BCUT2D eigenvalue weighted by molar-refractivity contribution is -0.140. The largest absolute Gasteiger partial charge is 0.480 e. The van der Waals surface area contributed by atoms with Crippen LogP contribution in [0, 0.1) is 0 Å². The van der Waals surface area contributed by atoms with Gasteiger partial charge in [0.2, 0.25) is 0 Å². The van der Waals surface area contributed by atoms with Gasteiger partial charge in [0.15, 0.2) is 6.04 Å². The molecular weight excluding hydrogens is 292 g/mol. The van der Waals surface area contributed by atoms with Crippen LogP contribution in [0.2, 0.25) is 0 Å². The smallest absolute Gasteiger partial charge is 0.328 e. The number of carboxylic acids is 1. The van der Waals surface area contributed by atoms with Gasteiger partial charge in [0.25, 0.3) is 5.91 Å². The Balaban J connectivity index is 2.77. The molecule has 0 aliphatic rings. The van der Waals surface area contributed by atoms with Crippen molar-refractivity contribution in [3.63, 3.8) is 0 Å².